The number of allylic oxidation sites excluding steroid dienone is 6. The van der Waals surface area contributed by atoms with Gasteiger partial charge in [-0.3, -0.25) is 4.79 Å². The maximum Gasteiger partial charge on any atom is 0.206 e. The summed E-state index contributed by atoms with van der Waals surface area (Å²) in [6.45, 7) is 0. The van der Waals surface area contributed by atoms with Crippen LogP contribution in [0.2, 0.25) is 0 Å². The summed E-state index contributed by atoms with van der Waals surface area (Å²) in [6, 6.07) is 10.4. The Hall–Kier alpha value is -0.640. The zero-order valence-electron chi connectivity index (χ0n) is 11.2. The number of carbonyl (C=O) groups is 1. The van der Waals surface area contributed by atoms with Gasteiger partial charge in [-0.2, -0.15) is 0 Å². The number of halogens is 3. The Kier molecular flexibility index (Phi) is 4.26. The molecule has 2 aliphatic carbocycles. The molecule has 0 aliphatic heterocycles. The highest BCUT2D eigenvalue weighted by molar-refractivity contribution is 9.13. The second-order valence-electron chi connectivity index (χ2n) is 5.41. The number of carbonyl (C=O) groups excluding carboxylic acids is 1. The maximum atomic E-state index is 12.0. The molecule has 1 aromatic rings. The molecule has 2 aliphatic rings. The molecule has 1 aromatic carbocycles. The quantitative estimate of drug-likeness (QED) is 0.551. The lowest BCUT2D eigenvalue weighted by Gasteiger charge is -2.39. The summed E-state index contributed by atoms with van der Waals surface area (Å²) >= 11 is 13.1. The van der Waals surface area contributed by atoms with Gasteiger partial charge in [0.25, 0.3) is 0 Å². The van der Waals surface area contributed by atoms with Crippen LogP contribution in [-0.4, -0.2) is 5.78 Å². The molecule has 0 aromatic heterocycles. The molecule has 0 bridgehead atoms. The van der Waals surface area contributed by atoms with Crippen LogP contribution in [0.25, 0.3) is 0 Å². The van der Waals surface area contributed by atoms with E-state index in [1.54, 1.807) is 0 Å². The molecule has 1 unspecified atom stereocenters. The first-order chi connectivity index (χ1) is 10.0. The average Bonchev–Trinajstić information content (AvgIpc) is 2.46. The molecule has 0 heterocycles. The molecule has 4 heteroatoms. The van der Waals surface area contributed by atoms with Crippen LogP contribution < -0.4 is 0 Å². The summed E-state index contributed by atoms with van der Waals surface area (Å²) in [7, 11) is 0. The van der Waals surface area contributed by atoms with Crippen molar-refractivity contribution in [2.24, 2.45) is 5.41 Å². The van der Waals surface area contributed by atoms with Crippen molar-refractivity contribution in [2.45, 2.75) is 18.8 Å². The summed E-state index contributed by atoms with van der Waals surface area (Å²) in [4.78, 5) is 12.0. The van der Waals surface area contributed by atoms with Crippen LogP contribution in [0.4, 0.5) is 0 Å². The van der Waals surface area contributed by atoms with Gasteiger partial charge >= 0.3 is 0 Å². The summed E-state index contributed by atoms with van der Waals surface area (Å²) in [5, 5.41) is 0.852. The first kappa shape index (κ1) is 15.3. The van der Waals surface area contributed by atoms with Gasteiger partial charge in [-0.05, 0) is 50.3 Å². The fourth-order valence-electron chi connectivity index (χ4n) is 3.13. The topological polar surface area (TPSA) is 17.1 Å². The lowest BCUT2D eigenvalue weighted by Crippen LogP contribution is -2.30. The average molecular weight is 429 g/mol. The van der Waals surface area contributed by atoms with Gasteiger partial charge in [-0.1, -0.05) is 60.2 Å². The molecule has 0 saturated carbocycles. The molecule has 108 valence electrons. The largest absolute Gasteiger partial charge is 0.287 e. The Morgan fingerprint density at radius 3 is 2.29 bits per heavy atom. The Morgan fingerprint density at radius 2 is 1.67 bits per heavy atom. The first-order valence-electron chi connectivity index (χ1n) is 6.75. The molecule has 21 heavy (non-hydrogen) atoms. The standard InChI is InChI=1S/C17H13Br2ClO/c18-14-9-17(10-15(19)16(14)21)8-12(20)6-7-13(17)11-4-2-1-3-5-11/h1-5,8-10,13H,6-7H2. The maximum absolute atomic E-state index is 12.0. The smallest absolute Gasteiger partial charge is 0.206 e. The zero-order chi connectivity index (χ0) is 15.0. The fraction of sp³-hybridized carbons (Fsp3) is 0.235. The summed E-state index contributed by atoms with van der Waals surface area (Å²) in [5.41, 5.74) is 0.905. The third-order valence-electron chi connectivity index (χ3n) is 4.07. The second kappa shape index (κ2) is 5.86. The van der Waals surface area contributed by atoms with Crippen LogP contribution in [0.5, 0.6) is 0 Å². The molecule has 1 nitrogen and oxygen atoms in total. The highest BCUT2D eigenvalue weighted by Crippen LogP contribution is 2.52. The Balaban J connectivity index is 2.16. The Labute approximate surface area is 146 Å². The van der Waals surface area contributed by atoms with E-state index in [0.29, 0.717) is 8.96 Å². The van der Waals surface area contributed by atoms with Gasteiger partial charge in [0, 0.05) is 16.4 Å². The van der Waals surface area contributed by atoms with E-state index in [0.717, 1.165) is 17.9 Å². The van der Waals surface area contributed by atoms with E-state index in [4.69, 9.17) is 11.6 Å². The van der Waals surface area contributed by atoms with Gasteiger partial charge < -0.3 is 0 Å². The predicted molar refractivity (Wildman–Crippen MR) is 93.8 cm³/mol. The van der Waals surface area contributed by atoms with Crippen molar-refractivity contribution >= 4 is 49.2 Å². The van der Waals surface area contributed by atoms with Crippen LogP contribution >= 0.6 is 43.5 Å². The first-order valence-corrected chi connectivity index (χ1v) is 8.72. The Morgan fingerprint density at radius 1 is 1.05 bits per heavy atom. The molecule has 0 amide bonds. The van der Waals surface area contributed by atoms with E-state index in [1.165, 1.54) is 5.56 Å². The fourth-order valence-corrected chi connectivity index (χ4v) is 4.91. The van der Waals surface area contributed by atoms with Crippen molar-refractivity contribution in [3.8, 4) is 0 Å². The van der Waals surface area contributed by atoms with Gasteiger partial charge in [0.05, 0.1) is 8.96 Å². The molecule has 0 N–H and O–H groups in total. The number of rotatable bonds is 1. The van der Waals surface area contributed by atoms with Crippen molar-refractivity contribution < 1.29 is 4.79 Å². The van der Waals surface area contributed by atoms with Gasteiger partial charge in [0.1, 0.15) is 0 Å². The summed E-state index contributed by atoms with van der Waals surface area (Å²) < 4.78 is 1.17. The number of hydrogen-bond donors (Lipinski definition) is 0. The number of ketones is 1. The molecule has 0 fully saturated rings. The molecular formula is C17H13Br2ClO. The number of Topliss-reactive ketones (excluding diaryl/α,β-unsaturated/α-hetero) is 1. The van der Waals surface area contributed by atoms with Crippen molar-refractivity contribution in [1.29, 1.82) is 0 Å². The van der Waals surface area contributed by atoms with Crippen LogP contribution in [-0.2, 0) is 4.79 Å². The normalized spacial score (nSPS) is 24.4. The monoisotopic (exact) mass is 426 g/mol. The van der Waals surface area contributed by atoms with E-state index < -0.39 is 0 Å². The molecular weight excluding hydrogens is 415 g/mol. The van der Waals surface area contributed by atoms with E-state index in [2.05, 4.69) is 62.2 Å². The van der Waals surface area contributed by atoms with Crippen LogP contribution in [0.15, 0.2) is 62.6 Å². The molecule has 0 saturated heterocycles. The Bertz CT molecular complexity index is 651. The van der Waals surface area contributed by atoms with Gasteiger partial charge in [0.15, 0.2) is 0 Å². The molecule has 0 radical (unpaired) electrons. The van der Waals surface area contributed by atoms with Crippen LogP contribution in [0, 0.1) is 5.41 Å². The number of benzene rings is 1. The summed E-state index contributed by atoms with van der Waals surface area (Å²) in [5.74, 6) is 0.247. The predicted octanol–water partition coefficient (Wildman–Crippen LogP) is 5.81. The third-order valence-corrected chi connectivity index (χ3v) is 5.55. The SMILES string of the molecule is O=C1C(Br)=CC2(C=C(Cl)CCC2c2ccccc2)C=C1Br. The third kappa shape index (κ3) is 2.84. The van der Waals surface area contributed by atoms with E-state index >= 15 is 0 Å². The van der Waals surface area contributed by atoms with E-state index in [1.807, 2.05) is 18.2 Å². The molecule has 3 rings (SSSR count). The highest BCUT2D eigenvalue weighted by atomic mass is 79.9. The van der Waals surface area contributed by atoms with Crippen LogP contribution in [0.1, 0.15) is 24.3 Å². The van der Waals surface area contributed by atoms with Crippen molar-refractivity contribution in [3.63, 3.8) is 0 Å². The van der Waals surface area contributed by atoms with Crippen LogP contribution in [0.3, 0.4) is 0 Å². The minimum Gasteiger partial charge on any atom is -0.287 e. The van der Waals surface area contributed by atoms with E-state index in [9.17, 15) is 4.79 Å². The van der Waals surface area contributed by atoms with Gasteiger partial charge in [0.2, 0.25) is 5.78 Å². The van der Waals surface area contributed by atoms with Gasteiger partial charge in [-0.25, -0.2) is 0 Å². The minimum atomic E-state index is -0.359. The van der Waals surface area contributed by atoms with E-state index in [-0.39, 0.29) is 17.1 Å². The van der Waals surface area contributed by atoms with Crippen molar-refractivity contribution in [3.05, 3.63) is 68.1 Å². The summed E-state index contributed by atoms with van der Waals surface area (Å²) in [6.07, 6.45) is 7.87. The van der Waals surface area contributed by atoms with Gasteiger partial charge in [-0.15, -0.1) is 0 Å². The second-order valence-corrected chi connectivity index (χ2v) is 7.60. The number of hydrogen-bond acceptors (Lipinski definition) is 1. The van der Waals surface area contributed by atoms with Crippen molar-refractivity contribution in [2.75, 3.05) is 0 Å². The lowest BCUT2D eigenvalue weighted by molar-refractivity contribution is -0.111. The minimum absolute atomic E-state index is 0.0254. The highest BCUT2D eigenvalue weighted by Gasteiger charge is 2.41. The molecule has 1 spiro atoms. The zero-order valence-corrected chi connectivity index (χ0v) is 15.1. The van der Waals surface area contributed by atoms with Crippen molar-refractivity contribution in [1.82, 2.24) is 0 Å². The lowest BCUT2D eigenvalue weighted by atomic mass is 9.65. The molecule has 1 atom stereocenters.